The molecule has 0 aromatic heterocycles. The summed E-state index contributed by atoms with van der Waals surface area (Å²) < 4.78 is 10.9. The quantitative estimate of drug-likeness (QED) is 0.702. The molecule has 0 aromatic carbocycles. The zero-order valence-corrected chi connectivity index (χ0v) is 10.1. The van der Waals surface area contributed by atoms with E-state index in [9.17, 15) is 0 Å². The molecule has 0 aromatic rings. The smallest absolute Gasteiger partial charge is 0.199 e. The minimum atomic E-state index is -0.548. The van der Waals surface area contributed by atoms with Crippen molar-refractivity contribution in [2.24, 2.45) is 15.4 Å². The number of ether oxygens (including phenoxy) is 2. The predicted octanol–water partition coefficient (Wildman–Crippen LogP) is -0.408. The van der Waals surface area contributed by atoms with Gasteiger partial charge in [0.05, 0.1) is 13.2 Å². The van der Waals surface area contributed by atoms with Crippen molar-refractivity contribution in [1.29, 1.82) is 0 Å². The zero-order valence-electron chi connectivity index (χ0n) is 10.1. The Labute approximate surface area is 100.0 Å². The Balaban J connectivity index is 2.14. The van der Waals surface area contributed by atoms with Crippen LogP contribution >= 0.6 is 0 Å². The van der Waals surface area contributed by atoms with Crippen molar-refractivity contribution in [1.82, 2.24) is 0 Å². The molecule has 2 heterocycles. The van der Waals surface area contributed by atoms with Gasteiger partial charge in [-0.25, -0.2) is 9.98 Å². The van der Waals surface area contributed by atoms with Crippen LogP contribution in [0.15, 0.2) is 9.98 Å². The third-order valence-corrected chi connectivity index (χ3v) is 2.92. The second kappa shape index (κ2) is 4.62. The number of aliphatic imine (C=N–C) groups is 2. The number of hydrogen-bond donors (Lipinski definition) is 2. The standard InChI is InChI=1S/C11H18N2O4/c1-11(2,9-12-7(3-14)5-16-9)10-13-8(4-15)6-17-10/h7-8,14-15H,3-6H2,1-2H3. The van der Waals surface area contributed by atoms with E-state index in [1.54, 1.807) is 0 Å². The predicted molar refractivity (Wildman–Crippen MR) is 62.3 cm³/mol. The van der Waals surface area contributed by atoms with Crippen LogP contribution < -0.4 is 0 Å². The maximum absolute atomic E-state index is 9.01. The van der Waals surface area contributed by atoms with E-state index in [2.05, 4.69) is 9.98 Å². The fourth-order valence-electron chi connectivity index (χ4n) is 1.79. The highest BCUT2D eigenvalue weighted by Crippen LogP contribution is 2.28. The molecule has 0 saturated heterocycles. The molecule has 6 nitrogen and oxygen atoms in total. The molecule has 2 aliphatic rings. The van der Waals surface area contributed by atoms with Crippen molar-refractivity contribution in [3.8, 4) is 0 Å². The van der Waals surface area contributed by atoms with E-state index in [-0.39, 0.29) is 25.3 Å². The van der Waals surface area contributed by atoms with Gasteiger partial charge in [0.25, 0.3) is 0 Å². The van der Waals surface area contributed by atoms with Crippen molar-refractivity contribution in [2.75, 3.05) is 26.4 Å². The fourth-order valence-corrected chi connectivity index (χ4v) is 1.79. The van der Waals surface area contributed by atoms with Crippen molar-refractivity contribution in [3.05, 3.63) is 0 Å². The lowest BCUT2D eigenvalue weighted by molar-refractivity contribution is 0.213. The van der Waals surface area contributed by atoms with E-state index < -0.39 is 5.41 Å². The van der Waals surface area contributed by atoms with Gasteiger partial charge in [0.15, 0.2) is 11.8 Å². The van der Waals surface area contributed by atoms with Crippen LogP contribution in [0.2, 0.25) is 0 Å². The molecule has 6 heteroatoms. The number of hydrogen-bond acceptors (Lipinski definition) is 6. The summed E-state index contributed by atoms with van der Waals surface area (Å²) in [6, 6.07) is -0.389. The Morgan fingerprint density at radius 2 is 1.47 bits per heavy atom. The Kier molecular flexibility index (Phi) is 3.35. The van der Waals surface area contributed by atoms with Crippen molar-refractivity contribution in [2.45, 2.75) is 25.9 Å². The molecule has 2 rings (SSSR count). The van der Waals surface area contributed by atoms with Crippen molar-refractivity contribution < 1.29 is 19.7 Å². The van der Waals surface area contributed by atoms with Gasteiger partial charge < -0.3 is 19.7 Å². The third kappa shape index (κ3) is 2.28. The minimum Gasteiger partial charge on any atom is -0.478 e. The molecule has 0 amide bonds. The number of aliphatic hydroxyl groups is 2. The lowest BCUT2D eigenvalue weighted by atomic mass is 9.93. The fraction of sp³-hybridized carbons (Fsp3) is 0.818. The van der Waals surface area contributed by atoms with Crippen LogP contribution in [0, 0.1) is 5.41 Å². The maximum Gasteiger partial charge on any atom is 0.199 e. The van der Waals surface area contributed by atoms with Gasteiger partial charge in [0.1, 0.15) is 30.7 Å². The first kappa shape index (κ1) is 12.3. The second-order valence-corrected chi connectivity index (χ2v) is 4.79. The van der Waals surface area contributed by atoms with Gasteiger partial charge in [-0.2, -0.15) is 0 Å². The molecule has 0 saturated carbocycles. The van der Waals surface area contributed by atoms with E-state index in [0.717, 1.165) is 0 Å². The van der Waals surface area contributed by atoms with Crippen LogP contribution in [0.25, 0.3) is 0 Å². The number of nitrogens with zero attached hydrogens (tertiary/aromatic N) is 2. The number of rotatable bonds is 4. The molecular formula is C11H18N2O4. The van der Waals surface area contributed by atoms with Gasteiger partial charge in [0.2, 0.25) is 0 Å². The molecule has 0 radical (unpaired) electrons. The van der Waals surface area contributed by atoms with E-state index >= 15 is 0 Å². The first-order valence-corrected chi connectivity index (χ1v) is 5.71. The summed E-state index contributed by atoms with van der Waals surface area (Å²) in [5.41, 5.74) is -0.548. The Hall–Kier alpha value is -1.14. The lowest BCUT2D eigenvalue weighted by Gasteiger charge is -2.22. The van der Waals surface area contributed by atoms with Gasteiger partial charge in [-0.3, -0.25) is 0 Å². The summed E-state index contributed by atoms with van der Waals surface area (Å²) in [7, 11) is 0. The van der Waals surface area contributed by atoms with Crippen LogP contribution in [0.5, 0.6) is 0 Å². The van der Waals surface area contributed by atoms with Crippen LogP contribution in [-0.4, -0.2) is 60.5 Å². The molecule has 96 valence electrons. The highest BCUT2D eigenvalue weighted by Gasteiger charge is 2.41. The van der Waals surface area contributed by atoms with Gasteiger partial charge in [-0.15, -0.1) is 0 Å². The molecule has 17 heavy (non-hydrogen) atoms. The highest BCUT2D eigenvalue weighted by atomic mass is 16.5. The van der Waals surface area contributed by atoms with E-state index in [0.29, 0.717) is 25.0 Å². The Morgan fingerprint density at radius 1 is 1.06 bits per heavy atom. The molecule has 2 N–H and O–H groups in total. The van der Waals surface area contributed by atoms with E-state index in [4.69, 9.17) is 19.7 Å². The Morgan fingerprint density at radius 3 is 1.76 bits per heavy atom. The first-order valence-electron chi connectivity index (χ1n) is 5.71. The maximum atomic E-state index is 9.01. The molecule has 0 spiro atoms. The van der Waals surface area contributed by atoms with Crippen molar-refractivity contribution >= 4 is 11.8 Å². The summed E-state index contributed by atoms with van der Waals surface area (Å²) in [6.07, 6.45) is 0. The van der Waals surface area contributed by atoms with Crippen molar-refractivity contribution in [3.63, 3.8) is 0 Å². The topological polar surface area (TPSA) is 83.6 Å². The summed E-state index contributed by atoms with van der Waals surface area (Å²) in [4.78, 5) is 8.59. The second-order valence-electron chi connectivity index (χ2n) is 4.79. The summed E-state index contributed by atoms with van der Waals surface area (Å²) >= 11 is 0. The van der Waals surface area contributed by atoms with E-state index in [1.807, 2.05) is 13.8 Å². The highest BCUT2D eigenvalue weighted by molar-refractivity contribution is 6.05. The number of aliphatic hydroxyl groups excluding tert-OH is 2. The Bertz CT molecular complexity index is 319. The average molecular weight is 242 g/mol. The SMILES string of the molecule is CC(C)(C1=NC(CO)CO1)C1=NC(CO)CO1. The summed E-state index contributed by atoms with van der Waals surface area (Å²) in [6.45, 7) is 4.56. The van der Waals surface area contributed by atoms with Crippen LogP contribution in [0.4, 0.5) is 0 Å². The van der Waals surface area contributed by atoms with Gasteiger partial charge in [-0.1, -0.05) is 0 Å². The molecule has 2 atom stereocenters. The summed E-state index contributed by atoms with van der Waals surface area (Å²) in [5.74, 6) is 1.07. The molecule has 2 aliphatic heterocycles. The molecule has 0 fully saturated rings. The third-order valence-electron chi connectivity index (χ3n) is 2.92. The molecule has 0 bridgehead atoms. The van der Waals surface area contributed by atoms with Crippen LogP contribution in [-0.2, 0) is 9.47 Å². The zero-order chi connectivity index (χ0) is 12.5. The molecule has 2 unspecified atom stereocenters. The van der Waals surface area contributed by atoms with Crippen LogP contribution in [0.3, 0.4) is 0 Å². The lowest BCUT2D eigenvalue weighted by Crippen LogP contribution is -2.34. The van der Waals surface area contributed by atoms with Gasteiger partial charge >= 0.3 is 0 Å². The van der Waals surface area contributed by atoms with E-state index in [1.165, 1.54) is 0 Å². The monoisotopic (exact) mass is 242 g/mol. The summed E-state index contributed by atoms with van der Waals surface area (Å²) in [5, 5.41) is 18.0. The first-order chi connectivity index (χ1) is 8.07. The largest absolute Gasteiger partial charge is 0.478 e. The molecule has 0 aliphatic carbocycles. The van der Waals surface area contributed by atoms with Gasteiger partial charge in [-0.05, 0) is 13.8 Å². The average Bonchev–Trinajstić information content (AvgIpc) is 2.98. The van der Waals surface area contributed by atoms with Crippen LogP contribution in [0.1, 0.15) is 13.8 Å². The minimum absolute atomic E-state index is 0.0216. The molecular weight excluding hydrogens is 224 g/mol. The normalized spacial score (nSPS) is 28.5. The van der Waals surface area contributed by atoms with Gasteiger partial charge in [0, 0.05) is 0 Å².